The number of hydrogen-bond donors (Lipinski definition) is 3. The number of carbonyl (C=O) groups is 2. The van der Waals surface area contributed by atoms with Gasteiger partial charge in [0.2, 0.25) is 11.7 Å². The summed E-state index contributed by atoms with van der Waals surface area (Å²) in [6.45, 7) is 3.56. The molecule has 1 saturated heterocycles. The average Bonchev–Trinajstić information content (AvgIpc) is 2.80. The number of halogens is 2. The Kier molecular flexibility index (Phi) is 6.11. The van der Waals surface area contributed by atoms with Gasteiger partial charge in [-0.3, -0.25) is 9.59 Å². The number of carbonyl (C=O) groups excluding carboxylic acids is 2. The van der Waals surface area contributed by atoms with Crippen molar-refractivity contribution in [2.75, 3.05) is 25.6 Å². The standard InChI is InChI=1S/C18H24BF2N3O5/c1-10(24(3)19(2)27)16(25)23-15-17(26)22-12-5-4-11(20)13(21)14(12)29-18(15)6-8-28-9-7-18/h4-5,10,15,27H,6-9H2,1-3H3,(H,22,26)(H,23,25)/t10-,15+/m0/s1. The smallest absolute Gasteiger partial charge is 0.376 e. The van der Waals surface area contributed by atoms with E-state index < -0.39 is 53.9 Å². The molecule has 1 fully saturated rings. The van der Waals surface area contributed by atoms with Crippen LogP contribution in [-0.2, 0) is 14.3 Å². The van der Waals surface area contributed by atoms with E-state index in [1.807, 2.05) is 0 Å². The molecule has 2 aliphatic heterocycles. The molecule has 158 valence electrons. The number of amides is 2. The Morgan fingerprint density at radius 3 is 2.69 bits per heavy atom. The SMILES string of the molecule is CB(O)N(C)[C@@H](C)C(=O)N[C@@H]1C(=O)Nc2ccc(F)c(F)c2OC12CCOCC2. The third kappa shape index (κ3) is 4.07. The van der Waals surface area contributed by atoms with Gasteiger partial charge in [-0.1, -0.05) is 0 Å². The first-order chi connectivity index (χ1) is 13.7. The van der Waals surface area contributed by atoms with Gasteiger partial charge in [0.15, 0.2) is 11.6 Å². The maximum atomic E-state index is 14.4. The van der Waals surface area contributed by atoms with E-state index in [0.717, 1.165) is 6.07 Å². The number of benzene rings is 1. The molecular formula is C18H24BF2N3O5. The topological polar surface area (TPSA) is 100 Å². The van der Waals surface area contributed by atoms with Gasteiger partial charge >= 0.3 is 7.05 Å². The first-order valence-corrected chi connectivity index (χ1v) is 9.42. The highest BCUT2D eigenvalue weighted by Gasteiger charge is 2.50. The summed E-state index contributed by atoms with van der Waals surface area (Å²) in [6.07, 6.45) is 0.392. The summed E-state index contributed by atoms with van der Waals surface area (Å²) in [4.78, 5) is 27.2. The lowest BCUT2D eigenvalue weighted by atomic mass is 9.83. The quantitative estimate of drug-likeness (QED) is 0.633. The molecule has 2 atom stereocenters. The predicted octanol–water partition coefficient (Wildman–Crippen LogP) is 0.760. The van der Waals surface area contributed by atoms with Crippen molar-refractivity contribution in [1.29, 1.82) is 0 Å². The van der Waals surface area contributed by atoms with Crippen LogP contribution in [0.4, 0.5) is 14.5 Å². The number of anilines is 1. The van der Waals surface area contributed by atoms with E-state index in [-0.39, 0.29) is 31.7 Å². The van der Waals surface area contributed by atoms with E-state index in [4.69, 9.17) is 9.47 Å². The lowest BCUT2D eigenvalue weighted by molar-refractivity contribution is -0.137. The van der Waals surface area contributed by atoms with E-state index in [2.05, 4.69) is 10.6 Å². The third-order valence-corrected chi connectivity index (χ3v) is 5.61. The number of rotatable bonds is 4. The van der Waals surface area contributed by atoms with Gasteiger partial charge in [-0.15, -0.1) is 0 Å². The van der Waals surface area contributed by atoms with Gasteiger partial charge in [0.25, 0.3) is 5.91 Å². The van der Waals surface area contributed by atoms with Crippen molar-refractivity contribution in [1.82, 2.24) is 10.1 Å². The molecule has 0 saturated carbocycles. The van der Waals surface area contributed by atoms with Gasteiger partial charge in [-0.25, -0.2) is 4.39 Å². The Hall–Kier alpha value is -2.24. The molecule has 0 aliphatic carbocycles. The lowest BCUT2D eigenvalue weighted by Gasteiger charge is -2.41. The Labute approximate surface area is 167 Å². The van der Waals surface area contributed by atoms with E-state index in [1.165, 1.54) is 17.7 Å². The first-order valence-electron chi connectivity index (χ1n) is 9.42. The minimum absolute atomic E-state index is 0.00865. The lowest BCUT2D eigenvalue weighted by Crippen LogP contribution is -2.64. The van der Waals surface area contributed by atoms with Crippen LogP contribution < -0.4 is 15.4 Å². The van der Waals surface area contributed by atoms with E-state index in [1.54, 1.807) is 14.0 Å². The van der Waals surface area contributed by atoms with E-state index >= 15 is 0 Å². The Morgan fingerprint density at radius 2 is 2.07 bits per heavy atom. The van der Waals surface area contributed by atoms with Crippen LogP contribution in [0.25, 0.3) is 0 Å². The Bertz CT molecular complexity index is 804. The molecule has 1 aromatic carbocycles. The van der Waals surface area contributed by atoms with Crippen molar-refractivity contribution < 1.29 is 32.9 Å². The molecule has 2 heterocycles. The number of nitrogens with one attached hydrogen (secondary N) is 2. The fourth-order valence-electron chi connectivity index (χ4n) is 3.51. The van der Waals surface area contributed by atoms with Gasteiger partial charge in [-0.05, 0) is 32.9 Å². The zero-order valence-corrected chi connectivity index (χ0v) is 16.5. The molecule has 29 heavy (non-hydrogen) atoms. The van der Waals surface area contributed by atoms with Crippen molar-refractivity contribution >= 4 is 24.6 Å². The minimum atomic E-state index is -1.30. The summed E-state index contributed by atoms with van der Waals surface area (Å²) < 4.78 is 39.5. The predicted molar refractivity (Wildman–Crippen MR) is 101 cm³/mol. The van der Waals surface area contributed by atoms with Gasteiger partial charge in [0.05, 0.1) is 24.9 Å². The zero-order valence-electron chi connectivity index (χ0n) is 16.5. The van der Waals surface area contributed by atoms with Crippen molar-refractivity contribution in [3.8, 4) is 5.75 Å². The number of likely N-dealkylation sites (N-methyl/N-ethyl adjacent to an activating group) is 1. The Morgan fingerprint density at radius 1 is 1.41 bits per heavy atom. The molecular weight excluding hydrogens is 387 g/mol. The molecule has 1 spiro atoms. The summed E-state index contributed by atoms with van der Waals surface area (Å²) >= 11 is 0. The second kappa shape index (κ2) is 8.25. The van der Waals surface area contributed by atoms with Crippen LogP contribution in [-0.4, -0.2) is 66.6 Å². The number of hydrogen-bond acceptors (Lipinski definition) is 6. The average molecular weight is 411 g/mol. The number of fused-ring (bicyclic) bond motifs is 1. The van der Waals surface area contributed by atoms with Crippen molar-refractivity contribution in [2.45, 2.75) is 44.3 Å². The van der Waals surface area contributed by atoms with Gasteiger partial charge < -0.3 is 29.9 Å². The fraction of sp³-hybridized carbons (Fsp3) is 0.556. The Balaban J connectivity index is 1.96. The molecule has 1 aromatic rings. The van der Waals surface area contributed by atoms with E-state index in [9.17, 15) is 23.4 Å². The van der Waals surface area contributed by atoms with E-state index in [0.29, 0.717) is 0 Å². The van der Waals surface area contributed by atoms with Crippen LogP contribution in [0, 0.1) is 11.6 Å². The minimum Gasteiger partial charge on any atom is -0.479 e. The van der Waals surface area contributed by atoms with Gasteiger partial charge in [-0.2, -0.15) is 4.39 Å². The van der Waals surface area contributed by atoms with Crippen LogP contribution in [0.3, 0.4) is 0 Å². The van der Waals surface area contributed by atoms with Crippen molar-refractivity contribution in [3.63, 3.8) is 0 Å². The summed E-state index contributed by atoms with van der Waals surface area (Å²) in [5.41, 5.74) is -1.31. The second-order valence-electron chi connectivity index (χ2n) is 7.42. The maximum Gasteiger partial charge on any atom is 0.376 e. The molecule has 11 heteroatoms. The zero-order chi connectivity index (χ0) is 21.3. The van der Waals surface area contributed by atoms with Crippen molar-refractivity contribution in [3.05, 3.63) is 23.8 Å². The molecule has 3 rings (SSSR count). The van der Waals surface area contributed by atoms with Crippen molar-refractivity contribution in [2.24, 2.45) is 0 Å². The van der Waals surface area contributed by atoms with Crippen LogP contribution >= 0.6 is 0 Å². The van der Waals surface area contributed by atoms with Crippen LogP contribution in [0.5, 0.6) is 5.75 Å². The van der Waals surface area contributed by atoms with Crippen LogP contribution in [0.15, 0.2) is 12.1 Å². The highest BCUT2D eigenvalue weighted by atomic mass is 19.2. The molecule has 3 N–H and O–H groups in total. The third-order valence-electron chi connectivity index (χ3n) is 5.61. The summed E-state index contributed by atoms with van der Waals surface area (Å²) in [6, 6.07) is 0.192. The maximum absolute atomic E-state index is 14.4. The molecule has 2 aliphatic rings. The second-order valence-corrected chi connectivity index (χ2v) is 7.42. The molecule has 0 bridgehead atoms. The highest BCUT2D eigenvalue weighted by molar-refractivity contribution is 6.45. The summed E-state index contributed by atoms with van der Waals surface area (Å²) in [5.74, 6) is -3.82. The van der Waals surface area contributed by atoms with Gasteiger partial charge in [0.1, 0.15) is 11.6 Å². The summed E-state index contributed by atoms with van der Waals surface area (Å²) in [5, 5.41) is 14.9. The number of nitrogens with zero attached hydrogens (tertiary/aromatic N) is 1. The fourth-order valence-corrected chi connectivity index (χ4v) is 3.51. The highest BCUT2D eigenvalue weighted by Crippen LogP contribution is 2.40. The summed E-state index contributed by atoms with van der Waals surface area (Å²) in [7, 11) is 0.685. The van der Waals surface area contributed by atoms with Gasteiger partial charge in [0, 0.05) is 12.8 Å². The van der Waals surface area contributed by atoms with Crippen LogP contribution in [0.1, 0.15) is 19.8 Å². The van der Waals surface area contributed by atoms with Crippen LogP contribution in [0.2, 0.25) is 6.82 Å². The molecule has 0 unspecified atom stereocenters. The normalized spacial score (nSPS) is 21.6. The molecule has 8 nitrogen and oxygen atoms in total. The molecule has 0 radical (unpaired) electrons. The molecule has 0 aromatic heterocycles. The number of ether oxygens (including phenoxy) is 2. The first kappa shape index (κ1) is 21.5. The monoisotopic (exact) mass is 411 g/mol. The largest absolute Gasteiger partial charge is 0.479 e. The molecule has 2 amide bonds.